The zero-order chi connectivity index (χ0) is 12.2. The van der Waals surface area contributed by atoms with E-state index in [2.05, 4.69) is 43.0 Å². The summed E-state index contributed by atoms with van der Waals surface area (Å²) in [7, 11) is 0. The Bertz CT molecular complexity index is 458. The van der Waals surface area contributed by atoms with Gasteiger partial charge in [0.2, 0.25) is 0 Å². The van der Waals surface area contributed by atoms with Crippen LogP contribution in [-0.4, -0.2) is 0 Å². The topological polar surface area (TPSA) is 0 Å². The van der Waals surface area contributed by atoms with Crippen molar-refractivity contribution in [1.29, 1.82) is 0 Å². The normalized spacial score (nSPS) is 42.1. The van der Waals surface area contributed by atoms with E-state index in [1.165, 1.54) is 38.5 Å². The minimum atomic E-state index is 0.519. The van der Waals surface area contributed by atoms with Gasteiger partial charge in [-0.3, -0.25) is 0 Å². The van der Waals surface area contributed by atoms with Gasteiger partial charge >= 0.3 is 0 Å². The van der Waals surface area contributed by atoms with Gasteiger partial charge in [-0.05, 0) is 35.7 Å². The molecule has 4 saturated carbocycles. The van der Waals surface area contributed by atoms with Gasteiger partial charge in [-0.25, -0.2) is 0 Å². The first-order valence-corrected chi connectivity index (χ1v) is 7.50. The van der Waals surface area contributed by atoms with E-state index in [1.54, 1.807) is 5.56 Å². The summed E-state index contributed by atoms with van der Waals surface area (Å²) >= 11 is 0. The molecule has 4 fully saturated rings. The van der Waals surface area contributed by atoms with Crippen molar-refractivity contribution in [3.63, 3.8) is 0 Å². The summed E-state index contributed by atoms with van der Waals surface area (Å²) in [6, 6.07) is 11.3. The molecule has 0 aliphatic heterocycles. The fourth-order valence-electron chi connectivity index (χ4n) is 5.49. The van der Waals surface area contributed by atoms with Crippen molar-refractivity contribution < 1.29 is 0 Å². The SMILES string of the molecule is C=CC12CC(c3ccccc3)(C1)[C@@H]2C1CCCC1. The highest BCUT2D eigenvalue weighted by Crippen LogP contribution is 2.80. The third kappa shape index (κ3) is 1.12. The zero-order valence-electron chi connectivity index (χ0n) is 11.1. The first-order valence-electron chi connectivity index (χ1n) is 7.50. The van der Waals surface area contributed by atoms with Crippen molar-refractivity contribution in [1.82, 2.24) is 0 Å². The molecule has 0 nitrogen and oxygen atoms in total. The highest BCUT2D eigenvalue weighted by molar-refractivity contribution is 5.44. The molecular weight excluding hydrogens is 216 g/mol. The molecule has 0 saturated heterocycles. The molecule has 1 aromatic rings. The van der Waals surface area contributed by atoms with Gasteiger partial charge in [-0.15, -0.1) is 6.58 Å². The van der Waals surface area contributed by atoms with E-state index in [-0.39, 0.29) is 0 Å². The van der Waals surface area contributed by atoms with Crippen LogP contribution < -0.4 is 0 Å². The highest BCUT2D eigenvalue weighted by atomic mass is 14.8. The van der Waals surface area contributed by atoms with Crippen molar-refractivity contribution in [3.05, 3.63) is 48.6 Å². The Morgan fingerprint density at radius 1 is 1.06 bits per heavy atom. The first kappa shape index (κ1) is 10.8. The van der Waals surface area contributed by atoms with E-state index < -0.39 is 0 Å². The summed E-state index contributed by atoms with van der Waals surface area (Å²) in [5.41, 5.74) is 2.65. The van der Waals surface area contributed by atoms with Gasteiger partial charge in [0.05, 0.1) is 0 Å². The quantitative estimate of drug-likeness (QED) is 0.669. The predicted molar refractivity (Wildman–Crippen MR) is 75.4 cm³/mol. The van der Waals surface area contributed by atoms with E-state index in [0.29, 0.717) is 10.8 Å². The maximum Gasteiger partial charge on any atom is 0.000888 e. The van der Waals surface area contributed by atoms with Gasteiger partial charge in [0.1, 0.15) is 0 Å². The summed E-state index contributed by atoms with van der Waals surface area (Å²) in [6.45, 7) is 4.14. The fraction of sp³-hybridized carbons (Fsp3) is 0.556. The van der Waals surface area contributed by atoms with Crippen LogP contribution in [0.15, 0.2) is 43.0 Å². The highest BCUT2D eigenvalue weighted by Gasteiger charge is 2.75. The van der Waals surface area contributed by atoms with Crippen molar-refractivity contribution in [2.75, 3.05) is 0 Å². The van der Waals surface area contributed by atoms with Gasteiger partial charge in [0.25, 0.3) is 0 Å². The lowest BCUT2D eigenvalue weighted by molar-refractivity contribution is -0.211. The van der Waals surface area contributed by atoms with Crippen LogP contribution >= 0.6 is 0 Å². The number of benzene rings is 1. The molecule has 0 spiro atoms. The predicted octanol–water partition coefficient (Wildman–Crippen LogP) is 4.71. The minimum absolute atomic E-state index is 0.519. The molecule has 1 aromatic carbocycles. The molecule has 94 valence electrons. The van der Waals surface area contributed by atoms with Crippen LogP contribution in [0, 0.1) is 17.3 Å². The maximum absolute atomic E-state index is 4.14. The van der Waals surface area contributed by atoms with Crippen molar-refractivity contribution in [2.24, 2.45) is 17.3 Å². The molecule has 0 heterocycles. The molecule has 5 rings (SSSR count). The number of hydrogen-bond donors (Lipinski definition) is 0. The first-order chi connectivity index (χ1) is 8.81. The summed E-state index contributed by atoms with van der Waals surface area (Å²) in [6.07, 6.45) is 10.9. The van der Waals surface area contributed by atoms with Gasteiger partial charge in [0, 0.05) is 5.41 Å². The van der Waals surface area contributed by atoms with Crippen LogP contribution in [0.1, 0.15) is 44.1 Å². The molecule has 0 aromatic heterocycles. The molecule has 0 heteroatoms. The van der Waals surface area contributed by atoms with Crippen LogP contribution in [0.2, 0.25) is 0 Å². The molecule has 0 amide bonds. The second-order valence-electron chi connectivity index (χ2n) is 6.84. The molecular formula is C18H22. The van der Waals surface area contributed by atoms with E-state index in [1.807, 2.05) is 0 Å². The minimum Gasteiger partial charge on any atom is -0.103 e. The summed E-state index contributed by atoms with van der Waals surface area (Å²) < 4.78 is 0. The van der Waals surface area contributed by atoms with Gasteiger partial charge in [-0.1, -0.05) is 62.1 Å². The average molecular weight is 238 g/mol. The second-order valence-corrected chi connectivity index (χ2v) is 6.84. The second kappa shape index (κ2) is 3.50. The summed E-state index contributed by atoms with van der Waals surface area (Å²) in [5, 5.41) is 0. The Morgan fingerprint density at radius 3 is 2.33 bits per heavy atom. The zero-order valence-corrected chi connectivity index (χ0v) is 11.1. The number of hydrogen-bond acceptors (Lipinski definition) is 0. The maximum atomic E-state index is 4.14. The third-order valence-electron chi connectivity index (χ3n) is 6.13. The molecule has 2 bridgehead atoms. The molecule has 18 heavy (non-hydrogen) atoms. The average Bonchev–Trinajstić information content (AvgIpc) is 2.81. The standard InChI is InChI=1S/C18H22/c1-2-17-12-18(13-17,15-10-4-3-5-11-15)16(17)14-8-6-7-9-14/h2-5,10-11,14,16H,1,6-9,12-13H2/t16-,17?,18?/m1/s1. The Labute approximate surface area is 110 Å². The summed E-state index contributed by atoms with van der Waals surface area (Å²) in [4.78, 5) is 0. The molecule has 0 N–H and O–H groups in total. The summed E-state index contributed by atoms with van der Waals surface area (Å²) in [5.74, 6) is 1.89. The van der Waals surface area contributed by atoms with E-state index >= 15 is 0 Å². The molecule has 0 radical (unpaired) electrons. The van der Waals surface area contributed by atoms with Gasteiger partial charge in [-0.2, -0.15) is 0 Å². The van der Waals surface area contributed by atoms with E-state index in [0.717, 1.165) is 11.8 Å². The molecule has 0 unspecified atom stereocenters. The van der Waals surface area contributed by atoms with Crippen molar-refractivity contribution in [2.45, 2.75) is 43.9 Å². The van der Waals surface area contributed by atoms with Gasteiger partial charge < -0.3 is 0 Å². The lowest BCUT2D eigenvalue weighted by Gasteiger charge is -2.78. The van der Waals surface area contributed by atoms with E-state index in [9.17, 15) is 0 Å². The Morgan fingerprint density at radius 2 is 1.72 bits per heavy atom. The molecule has 4 aliphatic rings. The van der Waals surface area contributed by atoms with Crippen LogP contribution in [0.5, 0.6) is 0 Å². The van der Waals surface area contributed by atoms with Crippen LogP contribution in [0.4, 0.5) is 0 Å². The third-order valence-corrected chi connectivity index (χ3v) is 6.13. The largest absolute Gasteiger partial charge is 0.103 e. The Kier molecular flexibility index (Phi) is 2.11. The lowest BCUT2D eigenvalue weighted by atomic mass is 9.25. The molecule has 1 atom stereocenters. The van der Waals surface area contributed by atoms with E-state index in [4.69, 9.17) is 0 Å². The number of rotatable bonds is 3. The van der Waals surface area contributed by atoms with Gasteiger partial charge in [0.15, 0.2) is 0 Å². The smallest absolute Gasteiger partial charge is 0.000888 e. The van der Waals surface area contributed by atoms with Crippen LogP contribution in [0.3, 0.4) is 0 Å². The Hall–Kier alpha value is -1.04. The fourth-order valence-corrected chi connectivity index (χ4v) is 5.49. The lowest BCUT2D eigenvalue weighted by Crippen LogP contribution is -2.73. The van der Waals surface area contributed by atoms with Crippen molar-refractivity contribution in [3.8, 4) is 0 Å². The monoisotopic (exact) mass is 238 g/mol. The Balaban J connectivity index is 1.69. The number of allylic oxidation sites excluding steroid dienone is 1. The van der Waals surface area contributed by atoms with Crippen LogP contribution in [-0.2, 0) is 5.41 Å². The molecule has 4 aliphatic carbocycles. The van der Waals surface area contributed by atoms with Crippen molar-refractivity contribution >= 4 is 0 Å². The van der Waals surface area contributed by atoms with Crippen LogP contribution in [0.25, 0.3) is 0 Å².